The highest BCUT2D eigenvalue weighted by atomic mass is 32.1. The van der Waals surface area contributed by atoms with Crippen LogP contribution in [0.2, 0.25) is 0 Å². The molecule has 6 nitrogen and oxygen atoms in total. The Bertz CT molecular complexity index is 382. The lowest BCUT2D eigenvalue weighted by Crippen LogP contribution is -2.02. The molecule has 0 saturated carbocycles. The van der Waals surface area contributed by atoms with Crippen LogP contribution in [0.4, 0.5) is 0 Å². The zero-order valence-electron chi connectivity index (χ0n) is 6.05. The second-order valence-corrected chi connectivity index (χ2v) is 2.99. The maximum atomic E-state index is 10.4. The maximum Gasteiger partial charge on any atom is 0.365 e. The number of carboxylic acids is 2. The summed E-state index contributed by atoms with van der Waals surface area (Å²) in [5.74, 6) is -2.76. The Morgan fingerprint density at radius 1 is 1.31 bits per heavy atom. The first-order valence-electron chi connectivity index (χ1n) is 2.99. The number of rotatable bonds is 3. The molecule has 1 heterocycles. The van der Waals surface area contributed by atoms with E-state index in [1.54, 1.807) is 0 Å². The molecule has 13 heavy (non-hydrogen) atoms. The Morgan fingerprint density at radius 3 is 2.23 bits per heavy atom. The van der Waals surface area contributed by atoms with Gasteiger partial charge < -0.3 is 10.2 Å². The molecule has 0 unspecified atom stereocenters. The van der Waals surface area contributed by atoms with Crippen molar-refractivity contribution in [3.05, 3.63) is 15.6 Å². The van der Waals surface area contributed by atoms with Crippen LogP contribution in [0.25, 0.3) is 0 Å². The van der Waals surface area contributed by atoms with Crippen LogP contribution in [0.5, 0.6) is 0 Å². The van der Waals surface area contributed by atoms with Gasteiger partial charge in [0.15, 0.2) is 12.0 Å². The Balaban J connectivity index is 3.27. The van der Waals surface area contributed by atoms with Crippen molar-refractivity contribution < 1.29 is 24.6 Å². The first kappa shape index (κ1) is 9.33. The van der Waals surface area contributed by atoms with Crippen molar-refractivity contribution in [2.24, 2.45) is 0 Å². The van der Waals surface area contributed by atoms with Crippen LogP contribution in [0.15, 0.2) is 0 Å². The quantitative estimate of drug-likeness (QED) is 0.683. The topological polar surface area (TPSA) is 105 Å². The Morgan fingerprint density at radius 2 is 1.92 bits per heavy atom. The average Bonchev–Trinajstić information content (AvgIpc) is 2.47. The zero-order chi connectivity index (χ0) is 10.0. The summed E-state index contributed by atoms with van der Waals surface area (Å²) in [7, 11) is 0. The van der Waals surface area contributed by atoms with Crippen molar-refractivity contribution in [2.75, 3.05) is 0 Å². The number of hydrogen-bond donors (Lipinski definition) is 2. The van der Waals surface area contributed by atoms with Gasteiger partial charge in [-0.05, 0) is 0 Å². The van der Waals surface area contributed by atoms with E-state index in [1.165, 1.54) is 0 Å². The first-order valence-corrected chi connectivity index (χ1v) is 3.80. The van der Waals surface area contributed by atoms with E-state index < -0.39 is 22.6 Å². The molecular weight excluding hydrogens is 198 g/mol. The highest BCUT2D eigenvalue weighted by Gasteiger charge is 2.19. The summed E-state index contributed by atoms with van der Waals surface area (Å²) in [5, 5.41) is 16.5. The van der Waals surface area contributed by atoms with E-state index in [4.69, 9.17) is 10.2 Å². The van der Waals surface area contributed by atoms with Crippen molar-refractivity contribution in [3.8, 4) is 0 Å². The summed E-state index contributed by atoms with van der Waals surface area (Å²) >= 11 is 0.536. The molecule has 2 N–H and O–H groups in total. The second kappa shape index (κ2) is 3.31. The smallest absolute Gasteiger partial charge is 0.365 e. The fourth-order valence-electron chi connectivity index (χ4n) is 0.657. The van der Waals surface area contributed by atoms with Crippen LogP contribution < -0.4 is 0 Å². The third-order valence-electron chi connectivity index (χ3n) is 1.15. The molecule has 1 aromatic rings. The lowest BCUT2D eigenvalue weighted by atomic mass is 10.4. The van der Waals surface area contributed by atoms with E-state index in [0.717, 1.165) is 0 Å². The minimum Gasteiger partial charge on any atom is -0.476 e. The van der Waals surface area contributed by atoms with Crippen LogP contribution in [-0.4, -0.2) is 33.4 Å². The number of hydrogen-bond acceptors (Lipinski definition) is 5. The van der Waals surface area contributed by atoms with E-state index in [2.05, 4.69) is 4.98 Å². The van der Waals surface area contributed by atoms with Crippen LogP contribution in [0, 0.1) is 0 Å². The Labute approximate surface area is 75.5 Å². The minimum atomic E-state index is -1.41. The molecule has 1 aromatic heterocycles. The van der Waals surface area contributed by atoms with Gasteiger partial charge >= 0.3 is 11.9 Å². The van der Waals surface area contributed by atoms with Gasteiger partial charge in [-0.2, -0.15) is 0 Å². The molecule has 0 aliphatic rings. The minimum absolute atomic E-state index is 0.190. The predicted molar refractivity (Wildman–Crippen MR) is 41.4 cm³/mol. The summed E-state index contributed by atoms with van der Waals surface area (Å²) in [6.45, 7) is 0. The standard InChI is InChI=1S/C6H3NO5S/c8-1-2-3(5(9)10)7-4(13-2)6(11)12/h1H,(H,9,10)(H,11,12). The van der Waals surface area contributed by atoms with Gasteiger partial charge in [0.25, 0.3) is 0 Å². The summed E-state index contributed by atoms with van der Waals surface area (Å²) in [6, 6.07) is 0. The van der Waals surface area contributed by atoms with Gasteiger partial charge in [-0.3, -0.25) is 4.79 Å². The number of nitrogens with zero attached hydrogens (tertiary/aromatic N) is 1. The van der Waals surface area contributed by atoms with Gasteiger partial charge in [-0.25, -0.2) is 14.6 Å². The van der Waals surface area contributed by atoms with E-state index in [-0.39, 0.29) is 11.2 Å². The number of carboxylic acid groups (broad SMARTS) is 2. The molecule has 7 heteroatoms. The van der Waals surface area contributed by atoms with Crippen LogP contribution in [-0.2, 0) is 0 Å². The number of aromatic nitrogens is 1. The van der Waals surface area contributed by atoms with Crippen molar-refractivity contribution in [3.63, 3.8) is 0 Å². The second-order valence-electron chi connectivity index (χ2n) is 1.96. The molecule has 0 fully saturated rings. The molecule has 1 rings (SSSR count). The van der Waals surface area contributed by atoms with Gasteiger partial charge in [0.1, 0.15) is 4.88 Å². The predicted octanol–water partition coefficient (Wildman–Crippen LogP) is 0.352. The SMILES string of the molecule is O=Cc1sc(C(=O)O)nc1C(=O)O. The van der Waals surface area contributed by atoms with Gasteiger partial charge in [0, 0.05) is 0 Å². The largest absolute Gasteiger partial charge is 0.476 e. The number of aldehydes is 1. The summed E-state index contributed by atoms with van der Waals surface area (Å²) < 4.78 is 0. The zero-order valence-corrected chi connectivity index (χ0v) is 6.87. The van der Waals surface area contributed by atoms with E-state index >= 15 is 0 Å². The number of aromatic carboxylic acids is 2. The highest BCUT2D eigenvalue weighted by Crippen LogP contribution is 2.16. The molecule has 0 amide bonds. The number of thiazole rings is 1. The van der Waals surface area contributed by atoms with Gasteiger partial charge in [-0.15, -0.1) is 11.3 Å². The highest BCUT2D eigenvalue weighted by molar-refractivity contribution is 7.15. The molecule has 0 spiro atoms. The summed E-state index contributed by atoms with van der Waals surface area (Å²) in [4.78, 5) is 34.1. The van der Waals surface area contributed by atoms with E-state index in [1.807, 2.05) is 0 Å². The van der Waals surface area contributed by atoms with Crippen molar-refractivity contribution in [1.29, 1.82) is 0 Å². The maximum absolute atomic E-state index is 10.4. The average molecular weight is 201 g/mol. The molecule has 0 radical (unpaired) electrons. The van der Waals surface area contributed by atoms with Gasteiger partial charge in [-0.1, -0.05) is 0 Å². The lowest BCUT2D eigenvalue weighted by Gasteiger charge is -1.84. The van der Waals surface area contributed by atoms with Crippen molar-refractivity contribution in [2.45, 2.75) is 0 Å². The number of carbonyl (C=O) groups excluding carboxylic acids is 1. The van der Waals surface area contributed by atoms with E-state index in [0.29, 0.717) is 11.3 Å². The van der Waals surface area contributed by atoms with Crippen LogP contribution >= 0.6 is 11.3 Å². The Hall–Kier alpha value is -1.76. The van der Waals surface area contributed by atoms with Crippen molar-refractivity contribution >= 4 is 29.6 Å². The molecular formula is C6H3NO5S. The fraction of sp³-hybridized carbons (Fsp3) is 0. The molecule has 0 atom stereocenters. The molecule has 68 valence electrons. The van der Waals surface area contributed by atoms with Crippen LogP contribution in [0.3, 0.4) is 0 Å². The monoisotopic (exact) mass is 201 g/mol. The Kier molecular flexibility index (Phi) is 2.38. The van der Waals surface area contributed by atoms with Crippen LogP contribution in [0.1, 0.15) is 30.0 Å². The molecule has 0 aliphatic heterocycles. The summed E-state index contributed by atoms with van der Waals surface area (Å²) in [5.41, 5.74) is -0.516. The molecule has 0 aromatic carbocycles. The van der Waals surface area contributed by atoms with Crippen molar-refractivity contribution in [1.82, 2.24) is 4.98 Å². The third-order valence-corrected chi connectivity index (χ3v) is 2.11. The summed E-state index contributed by atoms with van der Waals surface area (Å²) in [6.07, 6.45) is 0.271. The first-order chi connectivity index (χ1) is 6.06. The lowest BCUT2D eigenvalue weighted by molar-refractivity contribution is 0.0687. The molecule has 0 bridgehead atoms. The van der Waals surface area contributed by atoms with Gasteiger partial charge in [0.05, 0.1) is 0 Å². The normalized spacial score (nSPS) is 9.54. The number of carbonyl (C=O) groups is 3. The molecule has 0 saturated heterocycles. The van der Waals surface area contributed by atoms with Gasteiger partial charge in [0.2, 0.25) is 5.01 Å². The fourth-order valence-corrected chi connectivity index (χ4v) is 1.37. The van der Waals surface area contributed by atoms with E-state index in [9.17, 15) is 14.4 Å². The third kappa shape index (κ3) is 1.70. The molecule has 0 aliphatic carbocycles.